The summed E-state index contributed by atoms with van der Waals surface area (Å²) in [4.78, 5) is 5.55. The van der Waals surface area contributed by atoms with Crippen molar-refractivity contribution in [3.63, 3.8) is 0 Å². The Labute approximate surface area is 140 Å². The molecular weight excluding hydrogens is 306 g/mol. The van der Waals surface area contributed by atoms with E-state index in [9.17, 15) is 0 Å². The van der Waals surface area contributed by atoms with Gasteiger partial charge in [0.2, 0.25) is 0 Å². The van der Waals surface area contributed by atoms with Crippen molar-refractivity contribution in [1.82, 2.24) is 14.9 Å². The summed E-state index contributed by atoms with van der Waals surface area (Å²) in [5, 5.41) is 3.33. The van der Waals surface area contributed by atoms with Gasteiger partial charge in [0.25, 0.3) is 0 Å². The highest BCUT2D eigenvalue weighted by Crippen LogP contribution is 2.38. The third kappa shape index (κ3) is 2.79. The molecule has 0 bridgehead atoms. The number of thioether (sulfide) groups is 1. The lowest BCUT2D eigenvalue weighted by molar-refractivity contribution is 0.298. The summed E-state index contributed by atoms with van der Waals surface area (Å²) in [5.74, 6) is 1.71. The first-order valence-corrected chi connectivity index (χ1v) is 9.25. The van der Waals surface area contributed by atoms with Crippen LogP contribution in [0.3, 0.4) is 0 Å². The molecule has 0 spiro atoms. The van der Waals surface area contributed by atoms with Crippen molar-refractivity contribution in [3.05, 3.63) is 48.1 Å². The summed E-state index contributed by atoms with van der Waals surface area (Å²) in [6.45, 7) is 0.825. The smallest absolute Gasteiger partial charge is 0.128 e. The van der Waals surface area contributed by atoms with E-state index < -0.39 is 0 Å². The van der Waals surface area contributed by atoms with Gasteiger partial charge in [-0.3, -0.25) is 0 Å². The maximum atomic E-state index is 6.13. The number of rotatable bonds is 6. The summed E-state index contributed by atoms with van der Waals surface area (Å²) < 4.78 is 8.29. The minimum Gasteiger partial charge on any atom is -0.493 e. The fraction of sp³-hybridized carbons (Fsp3) is 0.389. The van der Waals surface area contributed by atoms with Gasteiger partial charge in [-0.1, -0.05) is 0 Å². The number of hydrogen-bond acceptors (Lipinski definition) is 4. The highest BCUT2D eigenvalue weighted by atomic mass is 32.2. The van der Waals surface area contributed by atoms with E-state index in [1.807, 2.05) is 19.6 Å². The normalized spacial score (nSPS) is 19.6. The van der Waals surface area contributed by atoms with E-state index in [0.29, 0.717) is 0 Å². The summed E-state index contributed by atoms with van der Waals surface area (Å²) in [7, 11) is 1.98. The molecule has 120 valence electrons. The first-order chi connectivity index (χ1) is 11.3. The summed E-state index contributed by atoms with van der Waals surface area (Å²) in [5.41, 5.74) is 3.47. The number of aromatic nitrogens is 2. The molecule has 1 N–H and O–H groups in total. The molecule has 1 aromatic heterocycles. The molecule has 2 aliphatic rings. The van der Waals surface area contributed by atoms with Crippen molar-refractivity contribution < 1.29 is 4.74 Å². The first-order valence-electron chi connectivity index (χ1n) is 8.03. The average Bonchev–Trinajstić information content (AvgIpc) is 3.17. The fourth-order valence-corrected chi connectivity index (χ4v) is 3.41. The van der Waals surface area contributed by atoms with E-state index in [-0.39, 0.29) is 6.04 Å². The molecule has 1 unspecified atom stereocenters. The fourth-order valence-electron chi connectivity index (χ4n) is 2.97. The van der Waals surface area contributed by atoms with Crippen LogP contribution < -0.4 is 10.1 Å². The molecule has 5 heteroatoms. The quantitative estimate of drug-likeness (QED) is 0.824. The summed E-state index contributed by atoms with van der Waals surface area (Å²) >= 11 is 1.75. The Kier molecular flexibility index (Phi) is 3.91. The van der Waals surface area contributed by atoms with E-state index in [1.54, 1.807) is 11.8 Å². The van der Waals surface area contributed by atoms with Crippen LogP contribution in [0.1, 0.15) is 30.1 Å². The van der Waals surface area contributed by atoms with Crippen LogP contribution >= 0.6 is 11.8 Å². The van der Waals surface area contributed by atoms with Gasteiger partial charge in [-0.05, 0) is 56.3 Å². The minimum atomic E-state index is 0.196. The highest BCUT2D eigenvalue weighted by Gasteiger charge is 2.26. The van der Waals surface area contributed by atoms with Gasteiger partial charge in [0.15, 0.2) is 0 Å². The number of imidazole rings is 1. The molecule has 1 aromatic carbocycles. The van der Waals surface area contributed by atoms with Gasteiger partial charge in [0, 0.05) is 10.5 Å². The topological polar surface area (TPSA) is 39.1 Å². The number of likely N-dealkylation sites (N-methyl/N-ethyl adjacent to an activating group) is 1. The molecule has 0 saturated heterocycles. The van der Waals surface area contributed by atoms with Crippen LogP contribution in [0, 0.1) is 5.92 Å². The Morgan fingerprint density at radius 2 is 2.26 bits per heavy atom. The number of fused-ring (bicyclic) bond motifs is 1. The van der Waals surface area contributed by atoms with Gasteiger partial charge < -0.3 is 14.6 Å². The van der Waals surface area contributed by atoms with Crippen LogP contribution in [-0.2, 0) is 0 Å². The lowest BCUT2D eigenvalue weighted by atomic mass is 10.1. The number of hydrogen-bond donors (Lipinski definition) is 1. The number of ether oxygens (including phenoxy) is 1. The summed E-state index contributed by atoms with van der Waals surface area (Å²) in [6, 6.07) is 6.66. The molecule has 4 rings (SSSR count). The van der Waals surface area contributed by atoms with E-state index >= 15 is 0 Å². The second-order valence-electron chi connectivity index (χ2n) is 6.12. The highest BCUT2D eigenvalue weighted by molar-refractivity contribution is 7.98. The lowest BCUT2D eigenvalue weighted by Crippen LogP contribution is -2.12. The molecule has 0 amide bonds. The van der Waals surface area contributed by atoms with Crippen molar-refractivity contribution in [2.24, 2.45) is 5.92 Å². The van der Waals surface area contributed by atoms with E-state index in [2.05, 4.69) is 45.4 Å². The maximum absolute atomic E-state index is 6.13. The maximum Gasteiger partial charge on any atom is 0.128 e. The Balaban J connectivity index is 1.74. The Morgan fingerprint density at radius 1 is 1.39 bits per heavy atom. The van der Waals surface area contributed by atoms with Gasteiger partial charge in [0.1, 0.15) is 5.75 Å². The second kappa shape index (κ2) is 6.06. The Morgan fingerprint density at radius 3 is 3.00 bits per heavy atom. The Hall–Kier alpha value is -1.72. The number of nitrogens with one attached hydrogen (secondary N) is 1. The molecule has 2 aromatic rings. The third-order valence-corrected chi connectivity index (χ3v) is 5.24. The Bertz CT molecular complexity index is 748. The van der Waals surface area contributed by atoms with E-state index in [4.69, 9.17) is 4.74 Å². The average molecular weight is 327 g/mol. The number of benzene rings is 1. The molecule has 2 heterocycles. The SMILES string of the molecule is CNC1C=C(c2cc(SC)ccc2OCC2CC2)n2cncc21. The zero-order valence-corrected chi connectivity index (χ0v) is 14.3. The van der Waals surface area contributed by atoms with Crippen molar-refractivity contribution >= 4 is 17.5 Å². The largest absolute Gasteiger partial charge is 0.493 e. The summed E-state index contributed by atoms with van der Waals surface area (Å²) in [6.07, 6.45) is 10.8. The zero-order valence-electron chi connectivity index (χ0n) is 13.5. The zero-order chi connectivity index (χ0) is 15.8. The molecule has 1 atom stereocenters. The second-order valence-corrected chi connectivity index (χ2v) is 7.00. The molecule has 23 heavy (non-hydrogen) atoms. The molecule has 1 fully saturated rings. The predicted molar refractivity (Wildman–Crippen MR) is 93.8 cm³/mol. The monoisotopic (exact) mass is 327 g/mol. The van der Waals surface area contributed by atoms with Gasteiger partial charge in [-0.25, -0.2) is 4.98 Å². The van der Waals surface area contributed by atoms with E-state index in [0.717, 1.165) is 29.5 Å². The molecule has 1 aliphatic carbocycles. The molecule has 1 aliphatic heterocycles. The van der Waals surface area contributed by atoms with Gasteiger partial charge in [-0.15, -0.1) is 11.8 Å². The van der Waals surface area contributed by atoms with Gasteiger partial charge in [0.05, 0.1) is 36.6 Å². The van der Waals surface area contributed by atoms with E-state index in [1.165, 1.54) is 23.4 Å². The predicted octanol–water partition coefficient (Wildman–Crippen LogP) is 3.56. The molecule has 1 saturated carbocycles. The molecular formula is C18H21N3OS. The standard InChI is InChI=1S/C18H21N3OS/c1-19-15-8-16(21-11-20-9-17(15)21)14-7-13(23-2)5-6-18(14)22-10-12-3-4-12/h5-9,11-12,15,19H,3-4,10H2,1-2H3. The van der Waals surface area contributed by atoms with Crippen LogP contribution in [0.25, 0.3) is 5.70 Å². The van der Waals surface area contributed by atoms with Crippen LogP contribution in [0.5, 0.6) is 5.75 Å². The van der Waals surface area contributed by atoms with Gasteiger partial charge in [-0.2, -0.15) is 0 Å². The molecule has 0 radical (unpaired) electrons. The van der Waals surface area contributed by atoms with Crippen molar-refractivity contribution in [1.29, 1.82) is 0 Å². The van der Waals surface area contributed by atoms with Crippen molar-refractivity contribution in [2.75, 3.05) is 19.9 Å². The van der Waals surface area contributed by atoms with Crippen molar-refractivity contribution in [3.8, 4) is 5.75 Å². The minimum absolute atomic E-state index is 0.196. The van der Waals surface area contributed by atoms with Crippen molar-refractivity contribution in [2.45, 2.75) is 23.8 Å². The van der Waals surface area contributed by atoms with Crippen LogP contribution in [0.15, 0.2) is 41.7 Å². The molecule has 4 nitrogen and oxygen atoms in total. The first kappa shape index (κ1) is 14.8. The lowest BCUT2D eigenvalue weighted by Gasteiger charge is -2.14. The van der Waals surface area contributed by atoms with Crippen LogP contribution in [-0.4, -0.2) is 29.5 Å². The van der Waals surface area contributed by atoms with Crippen LogP contribution in [0.4, 0.5) is 0 Å². The third-order valence-electron chi connectivity index (χ3n) is 4.51. The van der Waals surface area contributed by atoms with Crippen LogP contribution in [0.2, 0.25) is 0 Å². The van der Waals surface area contributed by atoms with Gasteiger partial charge >= 0.3 is 0 Å². The number of nitrogens with zero attached hydrogens (tertiary/aromatic N) is 2.